The summed E-state index contributed by atoms with van der Waals surface area (Å²) in [5.41, 5.74) is 1.97. The van der Waals surface area contributed by atoms with Crippen LogP contribution in [0.3, 0.4) is 0 Å². The van der Waals surface area contributed by atoms with Crippen molar-refractivity contribution in [1.82, 2.24) is 10.6 Å². The average molecular weight is 358 g/mol. The zero-order valence-corrected chi connectivity index (χ0v) is 15.6. The topological polar surface area (TPSA) is 73.5 Å². The van der Waals surface area contributed by atoms with Crippen molar-refractivity contribution in [2.75, 3.05) is 36.4 Å². The molecule has 1 atom stereocenters. The number of hydrogen-bond donors (Lipinski definition) is 3. The summed E-state index contributed by atoms with van der Waals surface area (Å²) in [5.74, 6) is 0.617. The molecule has 0 bridgehead atoms. The lowest BCUT2D eigenvalue weighted by molar-refractivity contribution is -0.121. The Morgan fingerprint density at radius 2 is 1.96 bits per heavy atom. The Morgan fingerprint density at radius 3 is 2.69 bits per heavy atom. The maximum Gasteiger partial charge on any atom is 0.234 e. The van der Waals surface area contributed by atoms with Gasteiger partial charge in [-0.15, -0.1) is 0 Å². The summed E-state index contributed by atoms with van der Waals surface area (Å²) in [6.45, 7) is 5.25. The van der Waals surface area contributed by atoms with Crippen LogP contribution in [0.25, 0.3) is 0 Å². The molecule has 26 heavy (non-hydrogen) atoms. The smallest absolute Gasteiger partial charge is 0.234 e. The molecular formula is C20H30N4O2. The summed E-state index contributed by atoms with van der Waals surface area (Å²) in [6, 6.07) is 7.79. The van der Waals surface area contributed by atoms with Crippen molar-refractivity contribution in [3.8, 4) is 0 Å². The van der Waals surface area contributed by atoms with Crippen molar-refractivity contribution in [3.63, 3.8) is 0 Å². The van der Waals surface area contributed by atoms with Crippen LogP contribution in [0, 0.1) is 5.92 Å². The second-order valence-corrected chi connectivity index (χ2v) is 7.54. The van der Waals surface area contributed by atoms with Crippen molar-refractivity contribution < 1.29 is 9.59 Å². The van der Waals surface area contributed by atoms with E-state index in [4.69, 9.17) is 0 Å². The van der Waals surface area contributed by atoms with E-state index in [0.717, 1.165) is 36.9 Å². The van der Waals surface area contributed by atoms with E-state index < -0.39 is 0 Å². The van der Waals surface area contributed by atoms with Crippen molar-refractivity contribution in [1.29, 1.82) is 0 Å². The minimum atomic E-state index is -0.188. The summed E-state index contributed by atoms with van der Waals surface area (Å²) in [5, 5.41) is 8.98. The summed E-state index contributed by atoms with van der Waals surface area (Å²) in [6.07, 6.45) is 5.25. The van der Waals surface area contributed by atoms with Gasteiger partial charge in [0, 0.05) is 36.9 Å². The third kappa shape index (κ3) is 6.02. The molecule has 1 aromatic carbocycles. The lowest BCUT2D eigenvalue weighted by Crippen LogP contribution is -2.41. The van der Waals surface area contributed by atoms with Crippen LogP contribution in [0.2, 0.25) is 0 Å². The molecule has 1 saturated carbocycles. The van der Waals surface area contributed by atoms with Gasteiger partial charge in [0.15, 0.2) is 0 Å². The van der Waals surface area contributed by atoms with Gasteiger partial charge < -0.3 is 20.9 Å². The van der Waals surface area contributed by atoms with Crippen molar-refractivity contribution in [3.05, 3.63) is 24.3 Å². The van der Waals surface area contributed by atoms with Crippen LogP contribution in [-0.2, 0) is 9.59 Å². The number of nitrogens with one attached hydrogen (secondary N) is 3. The van der Waals surface area contributed by atoms with E-state index in [1.54, 1.807) is 0 Å². The number of carbonyl (C=O) groups excluding carboxylic acids is 2. The van der Waals surface area contributed by atoms with Crippen LogP contribution < -0.4 is 20.9 Å². The highest BCUT2D eigenvalue weighted by Gasteiger charge is 2.21. The Labute approximate surface area is 155 Å². The molecule has 1 heterocycles. The number of hydrogen-bond acceptors (Lipinski definition) is 4. The van der Waals surface area contributed by atoms with Gasteiger partial charge in [0.05, 0.1) is 6.54 Å². The number of benzene rings is 1. The molecule has 1 saturated heterocycles. The molecular weight excluding hydrogens is 328 g/mol. The minimum absolute atomic E-state index is 0.0537. The van der Waals surface area contributed by atoms with Gasteiger partial charge in [0.1, 0.15) is 0 Å². The largest absolute Gasteiger partial charge is 0.371 e. The molecule has 1 aromatic rings. The SMILES string of the molecule is CC(CC(=O)Nc1cccc(N2CCCC2)c1)NC(=O)CNCC1CC1. The van der Waals surface area contributed by atoms with Crippen LogP contribution in [0.15, 0.2) is 24.3 Å². The molecule has 0 radical (unpaired) electrons. The van der Waals surface area contributed by atoms with Crippen molar-refractivity contribution in [2.45, 2.75) is 45.1 Å². The van der Waals surface area contributed by atoms with Gasteiger partial charge in [0.25, 0.3) is 0 Å². The predicted octanol–water partition coefficient (Wildman–Crippen LogP) is 2.12. The molecule has 3 N–H and O–H groups in total. The molecule has 1 unspecified atom stereocenters. The molecule has 2 amide bonds. The summed E-state index contributed by atoms with van der Waals surface area (Å²) < 4.78 is 0. The number of amides is 2. The molecule has 2 aliphatic rings. The third-order valence-electron chi connectivity index (χ3n) is 4.92. The van der Waals surface area contributed by atoms with E-state index in [1.807, 2.05) is 25.1 Å². The molecule has 1 aliphatic carbocycles. The fraction of sp³-hybridized carbons (Fsp3) is 0.600. The van der Waals surface area contributed by atoms with Gasteiger partial charge in [-0.25, -0.2) is 0 Å². The maximum atomic E-state index is 12.3. The van der Waals surface area contributed by atoms with Crippen LogP contribution in [0.1, 0.15) is 39.0 Å². The van der Waals surface area contributed by atoms with E-state index in [-0.39, 0.29) is 24.3 Å². The second kappa shape index (κ2) is 9.03. The fourth-order valence-corrected chi connectivity index (χ4v) is 3.33. The predicted molar refractivity (Wildman–Crippen MR) is 104 cm³/mol. The van der Waals surface area contributed by atoms with Crippen LogP contribution in [0.4, 0.5) is 11.4 Å². The molecule has 2 fully saturated rings. The molecule has 0 aromatic heterocycles. The maximum absolute atomic E-state index is 12.3. The molecule has 6 heteroatoms. The van der Waals surface area contributed by atoms with Gasteiger partial charge in [-0.1, -0.05) is 6.07 Å². The van der Waals surface area contributed by atoms with Crippen molar-refractivity contribution in [2.24, 2.45) is 5.92 Å². The van der Waals surface area contributed by atoms with Crippen LogP contribution in [0.5, 0.6) is 0 Å². The zero-order valence-electron chi connectivity index (χ0n) is 15.6. The zero-order chi connectivity index (χ0) is 18.4. The van der Waals surface area contributed by atoms with Crippen LogP contribution in [-0.4, -0.2) is 44.0 Å². The number of anilines is 2. The normalized spacial score (nSPS) is 17.8. The van der Waals surface area contributed by atoms with E-state index in [1.165, 1.54) is 25.7 Å². The number of nitrogens with zero attached hydrogens (tertiary/aromatic N) is 1. The van der Waals surface area contributed by atoms with E-state index in [2.05, 4.69) is 26.9 Å². The Hall–Kier alpha value is -2.08. The standard InChI is InChI=1S/C20H30N4O2/c1-15(22-20(26)14-21-13-16-7-8-16)11-19(25)23-17-5-4-6-18(12-17)24-9-2-3-10-24/h4-6,12,15-16,21H,2-3,7-11,13-14H2,1H3,(H,22,26)(H,23,25). The highest BCUT2D eigenvalue weighted by molar-refractivity contribution is 5.92. The Balaban J connectivity index is 1.39. The second-order valence-electron chi connectivity index (χ2n) is 7.54. The van der Waals surface area contributed by atoms with Gasteiger partial charge in [-0.05, 0) is 63.3 Å². The molecule has 0 spiro atoms. The first kappa shape index (κ1) is 18.7. The monoisotopic (exact) mass is 358 g/mol. The van der Waals surface area contributed by atoms with E-state index >= 15 is 0 Å². The first-order valence-corrected chi connectivity index (χ1v) is 9.75. The minimum Gasteiger partial charge on any atom is -0.371 e. The number of rotatable bonds is 9. The molecule has 142 valence electrons. The lowest BCUT2D eigenvalue weighted by Gasteiger charge is -2.19. The lowest BCUT2D eigenvalue weighted by atomic mass is 10.2. The first-order chi connectivity index (χ1) is 12.6. The van der Waals surface area contributed by atoms with Gasteiger partial charge in [-0.3, -0.25) is 9.59 Å². The summed E-state index contributed by atoms with van der Waals surface area (Å²) >= 11 is 0. The van der Waals surface area contributed by atoms with E-state index in [9.17, 15) is 9.59 Å². The fourth-order valence-electron chi connectivity index (χ4n) is 3.33. The Morgan fingerprint density at radius 1 is 1.19 bits per heavy atom. The molecule has 6 nitrogen and oxygen atoms in total. The Bertz CT molecular complexity index is 624. The first-order valence-electron chi connectivity index (χ1n) is 9.75. The highest BCUT2D eigenvalue weighted by Crippen LogP contribution is 2.27. The van der Waals surface area contributed by atoms with E-state index in [0.29, 0.717) is 6.54 Å². The summed E-state index contributed by atoms with van der Waals surface area (Å²) in [7, 11) is 0. The van der Waals surface area contributed by atoms with Gasteiger partial charge in [-0.2, -0.15) is 0 Å². The molecule has 1 aliphatic heterocycles. The highest BCUT2D eigenvalue weighted by atomic mass is 16.2. The summed E-state index contributed by atoms with van der Waals surface area (Å²) in [4.78, 5) is 26.5. The van der Waals surface area contributed by atoms with Crippen molar-refractivity contribution >= 4 is 23.2 Å². The van der Waals surface area contributed by atoms with Crippen LogP contribution >= 0.6 is 0 Å². The van der Waals surface area contributed by atoms with Gasteiger partial charge in [0.2, 0.25) is 11.8 Å². The number of carbonyl (C=O) groups is 2. The molecule has 3 rings (SSSR count). The third-order valence-corrected chi connectivity index (χ3v) is 4.92. The average Bonchev–Trinajstić information content (AvgIpc) is 3.25. The quantitative estimate of drug-likeness (QED) is 0.632. The Kier molecular flexibility index (Phi) is 6.50. The van der Waals surface area contributed by atoms with Gasteiger partial charge >= 0.3 is 0 Å².